The highest BCUT2D eigenvalue weighted by Crippen LogP contribution is 2.30. The van der Waals surface area contributed by atoms with Crippen LogP contribution < -0.4 is 5.32 Å². The molecule has 0 aliphatic carbocycles. The van der Waals surface area contributed by atoms with Gasteiger partial charge in [-0.25, -0.2) is 8.42 Å². The van der Waals surface area contributed by atoms with Gasteiger partial charge in [-0.2, -0.15) is 4.31 Å². The maximum Gasteiger partial charge on any atom is 0.243 e. The van der Waals surface area contributed by atoms with E-state index in [1.807, 2.05) is 12.1 Å². The maximum atomic E-state index is 12.9. The number of amides is 1. The molecule has 0 bridgehead atoms. The number of piperidine rings is 1. The number of sulfonamides is 1. The molecule has 1 fully saturated rings. The molecule has 1 aliphatic rings. The highest BCUT2D eigenvalue weighted by atomic mass is 79.9. The van der Waals surface area contributed by atoms with Crippen LogP contribution in [0.1, 0.15) is 37.8 Å². The van der Waals surface area contributed by atoms with Gasteiger partial charge in [-0.05, 0) is 61.1 Å². The third kappa shape index (κ3) is 4.90. The van der Waals surface area contributed by atoms with Crippen molar-refractivity contribution in [1.29, 1.82) is 0 Å². The predicted molar refractivity (Wildman–Crippen MR) is 119 cm³/mol. The summed E-state index contributed by atoms with van der Waals surface area (Å²) in [4.78, 5) is 13.2. The van der Waals surface area contributed by atoms with Gasteiger partial charge < -0.3 is 5.32 Å². The van der Waals surface area contributed by atoms with Crippen molar-refractivity contribution >= 4 is 37.5 Å². The van der Waals surface area contributed by atoms with Gasteiger partial charge in [0.15, 0.2) is 0 Å². The lowest BCUT2D eigenvalue weighted by molar-refractivity contribution is -0.120. The highest BCUT2D eigenvalue weighted by molar-refractivity contribution is 9.10. The van der Waals surface area contributed by atoms with Crippen LogP contribution in [-0.2, 0) is 27.7 Å². The van der Waals surface area contributed by atoms with Gasteiger partial charge in [-0.15, -0.1) is 0 Å². The molecular formula is C22H27BrN2O3S. The lowest BCUT2D eigenvalue weighted by Crippen LogP contribution is -2.41. The van der Waals surface area contributed by atoms with E-state index in [9.17, 15) is 13.2 Å². The third-order valence-electron chi connectivity index (χ3n) is 5.48. The van der Waals surface area contributed by atoms with Crippen LogP contribution in [0.2, 0.25) is 0 Å². The van der Waals surface area contributed by atoms with E-state index in [1.165, 1.54) is 4.31 Å². The number of rotatable bonds is 6. The summed E-state index contributed by atoms with van der Waals surface area (Å²) in [6, 6.07) is 12.6. The number of aryl methyl sites for hydroxylation is 2. The second kappa shape index (κ2) is 9.41. The van der Waals surface area contributed by atoms with E-state index >= 15 is 0 Å². The molecule has 1 N–H and O–H groups in total. The fourth-order valence-corrected chi connectivity index (χ4v) is 5.81. The first-order chi connectivity index (χ1) is 13.9. The summed E-state index contributed by atoms with van der Waals surface area (Å²) in [5, 5.41) is 3.14. The maximum absolute atomic E-state index is 12.9. The van der Waals surface area contributed by atoms with Gasteiger partial charge in [0.05, 0.1) is 4.90 Å². The Morgan fingerprint density at radius 1 is 1.07 bits per heavy atom. The van der Waals surface area contributed by atoms with Crippen molar-refractivity contribution in [3.8, 4) is 0 Å². The fourth-order valence-electron chi connectivity index (χ4n) is 3.77. The van der Waals surface area contributed by atoms with Gasteiger partial charge in [0, 0.05) is 29.2 Å². The second-order valence-electron chi connectivity index (χ2n) is 7.29. The molecule has 0 unspecified atom stereocenters. The number of halogens is 1. The van der Waals surface area contributed by atoms with E-state index in [4.69, 9.17) is 0 Å². The van der Waals surface area contributed by atoms with Gasteiger partial charge in [-0.3, -0.25) is 4.79 Å². The standard InChI is InChI=1S/C22H27BrN2O3S/c1-3-16-14-19(23)15-17(4-2)21(16)24-22(26)18-10-12-25(13-11-18)29(27,28)20-8-6-5-7-9-20/h5-9,14-15,18H,3-4,10-13H2,1-2H3,(H,24,26). The zero-order valence-corrected chi connectivity index (χ0v) is 19.2. The van der Waals surface area contributed by atoms with Crippen LogP contribution in [0.25, 0.3) is 0 Å². The summed E-state index contributed by atoms with van der Waals surface area (Å²) in [5.74, 6) is -0.205. The van der Waals surface area contributed by atoms with Crippen LogP contribution in [0.15, 0.2) is 51.8 Å². The summed E-state index contributed by atoms with van der Waals surface area (Å²) < 4.78 is 28.1. The Bertz CT molecular complexity index is 944. The Hall–Kier alpha value is -1.70. The topological polar surface area (TPSA) is 66.5 Å². The van der Waals surface area contributed by atoms with Crippen LogP contribution in [0, 0.1) is 5.92 Å². The minimum atomic E-state index is -3.50. The molecule has 7 heteroatoms. The smallest absolute Gasteiger partial charge is 0.243 e. The van der Waals surface area contributed by atoms with Crippen molar-refractivity contribution in [1.82, 2.24) is 4.31 Å². The zero-order chi connectivity index (χ0) is 21.0. The van der Waals surface area contributed by atoms with Crippen molar-refractivity contribution in [2.75, 3.05) is 18.4 Å². The average molecular weight is 479 g/mol. The number of benzene rings is 2. The monoisotopic (exact) mass is 478 g/mol. The van der Waals surface area contributed by atoms with E-state index in [0.29, 0.717) is 30.8 Å². The summed E-state index contributed by atoms with van der Waals surface area (Å²) in [6.45, 7) is 4.86. The molecular weight excluding hydrogens is 452 g/mol. The number of nitrogens with zero attached hydrogens (tertiary/aromatic N) is 1. The van der Waals surface area contributed by atoms with Crippen LogP contribution >= 0.6 is 15.9 Å². The molecule has 1 aliphatic heterocycles. The average Bonchev–Trinajstić information content (AvgIpc) is 2.75. The molecule has 1 heterocycles. The van der Waals surface area contributed by atoms with E-state index in [1.54, 1.807) is 30.3 Å². The minimum Gasteiger partial charge on any atom is -0.325 e. The van der Waals surface area contributed by atoms with Crippen LogP contribution in [0.4, 0.5) is 5.69 Å². The van der Waals surface area contributed by atoms with Crippen molar-refractivity contribution in [2.45, 2.75) is 44.4 Å². The van der Waals surface area contributed by atoms with E-state index in [2.05, 4.69) is 35.1 Å². The second-order valence-corrected chi connectivity index (χ2v) is 10.1. The molecule has 2 aromatic carbocycles. The lowest BCUT2D eigenvalue weighted by Gasteiger charge is -2.31. The summed E-state index contributed by atoms with van der Waals surface area (Å²) in [5.41, 5.74) is 3.12. The molecule has 0 spiro atoms. The van der Waals surface area contributed by atoms with Crippen LogP contribution in [0.5, 0.6) is 0 Å². The summed E-state index contributed by atoms with van der Waals surface area (Å²) in [6.07, 6.45) is 2.71. The largest absolute Gasteiger partial charge is 0.325 e. The molecule has 0 saturated carbocycles. The number of hydrogen-bond donors (Lipinski definition) is 1. The quantitative estimate of drug-likeness (QED) is 0.658. The Morgan fingerprint density at radius 2 is 1.62 bits per heavy atom. The van der Waals surface area contributed by atoms with Crippen molar-refractivity contribution in [3.63, 3.8) is 0 Å². The fraction of sp³-hybridized carbons (Fsp3) is 0.409. The molecule has 156 valence electrons. The van der Waals surface area contributed by atoms with Crippen molar-refractivity contribution in [3.05, 3.63) is 58.1 Å². The molecule has 29 heavy (non-hydrogen) atoms. The van der Waals surface area contributed by atoms with Gasteiger partial charge in [0.1, 0.15) is 0 Å². The molecule has 0 aromatic heterocycles. The molecule has 1 amide bonds. The molecule has 3 rings (SSSR count). The first kappa shape index (κ1) is 22.0. The number of carbonyl (C=O) groups is 1. The normalized spacial score (nSPS) is 16.0. The SMILES string of the molecule is CCc1cc(Br)cc(CC)c1NC(=O)C1CCN(S(=O)(=O)c2ccccc2)CC1. The Labute approximate surface area is 181 Å². The number of carbonyl (C=O) groups excluding carboxylic acids is 1. The van der Waals surface area contributed by atoms with Gasteiger partial charge in [0.2, 0.25) is 15.9 Å². The number of nitrogens with one attached hydrogen (secondary N) is 1. The number of anilines is 1. The lowest BCUT2D eigenvalue weighted by atomic mass is 9.96. The predicted octanol–water partition coefficient (Wildman–Crippen LogP) is 4.61. The van der Waals surface area contributed by atoms with Crippen LogP contribution in [-0.4, -0.2) is 31.7 Å². The molecule has 2 aromatic rings. The van der Waals surface area contributed by atoms with Gasteiger partial charge in [0.25, 0.3) is 0 Å². The highest BCUT2D eigenvalue weighted by Gasteiger charge is 2.32. The van der Waals surface area contributed by atoms with Crippen molar-refractivity contribution in [2.24, 2.45) is 5.92 Å². The zero-order valence-electron chi connectivity index (χ0n) is 16.8. The molecule has 0 atom stereocenters. The van der Waals surface area contributed by atoms with Gasteiger partial charge >= 0.3 is 0 Å². The van der Waals surface area contributed by atoms with E-state index < -0.39 is 10.0 Å². The Kier molecular flexibility index (Phi) is 7.14. The van der Waals surface area contributed by atoms with E-state index in [-0.39, 0.29) is 11.8 Å². The summed E-state index contributed by atoms with van der Waals surface area (Å²) >= 11 is 3.54. The molecule has 0 radical (unpaired) electrons. The summed E-state index contributed by atoms with van der Waals surface area (Å²) in [7, 11) is -3.50. The minimum absolute atomic E-state index is 0.0199. The number of hydrogen-bond acceptors (Lipinski definition) is 3. The third-order valence-corrected chi connectivity index (χ3v) is 7.85. The Balaban J connectivity index is 1.69. The Morgan fingerprint density at radius 3 is 2.14 bits per heavy atom. The molecule has 5 nitrogen and oxygen atoms in total. The molecule has 1 saturated heterocycles. The first-order valence-corrected chi connectivity index (χ1v) is 12.3. The first-order valence-electron chi connectivity index (χ1n) is 10.0. The van der Waals surface area contributed by atoms with Crippen molar-refractivity contribution < 1.29 is 13.2 Å². The van der Waals surface area contributed by atoms with Crippen LogP contribution in [0.3, 0.4) is 0 Å². The van der Waals surface area contributed by atoms with E-state index in [0.717, 1.165) is 34.1 Å². The van der Waals surface area contributed by atoms with Gasteiger partial charge in [-0.1, -0.05) is 48.0 Å².